The zero-order chi connectivity index (χ0) is 13.9. The summed E-state index contributed by atoms with van der Waals surface area (Å²) in [4.78, 5) is 22.7. The van der Waals surface area contributed by atoms with E-state index in [9.17, 15) is 14.7 Å². The van der Waals surface area contributed by atoms with Gasteiger partial charge in [-0.2, -0.15) is 0 Å². The number of nitrogens with one attached hydrogen (secondary N) is 1. The minimum atomic E-state index is -1.14. The molecule has 0 saturated carbocycles. The van der Waals surface area contributed by atoms with E-state index < -0.39 is 23.7 Å². The minimum Gasteiger partial charge on any atom is -0.508 e. The molecule has 0 fully saturated rings. The van der Waals surface area contributed by atoms with Crippen LogP contribution in [0.3, 0.4) is 0 Å². The van der Waals surface area contributed by atoms with Gasteiger partial charge in [-0.25, -0.2) is 4.79 Å². The minimum absolute atomic E-state index is 0.0836. The maximum atomic E-state index is 11.8. The molecular formula is C12H15NO5. The standard InChI is InChI=1S/C12H15NO5/c1-6(2)10(12(17)18)13-11(16)8-4-3-7(14)5-9(8)15/h3-6,10,14-15H,1-2H3,(H,13,16)(H,17,18)/t10-/m0/s1. The monoisotopic (exact) mass is 253 g/mol. The third-order valence-electron chi connectivity index (χ3n) is 2.45. The number of phenolic OH excluding ortho intramolecular Hbond substituents is 2. The van der Waals surface area contributed by atoms with Crippen molar-refractivity contribution in [2.75, 3.05) is 0 Å². The van der Waals surface area contributed by atoms with Crippen LogP contribution in [0, 0.1) is 5.92 Å². The van der Waals surface area contributed by atoms with E-state index in [1.54, 1.807) is 13.8 Å². The summed E-state index contributed by atoms with van der Waals surface area (Å²) in [5, 5.41) is 29.8. The average Bonchev–Trinajstić information content (AvgIpc) is 2.24. The highest BCUT2D eigenvalue weighted by Gasteiger charge is 2.24. The summed E-state index contributed by atoms with van der Waals surface area (Å²) in [7, 11) is 0. The Balaban J connectivity index is 2.91. The van der Waals surface area contributed by atoms with Crippen LogP contribution in [-0.4, -0.2) is 33.2 Å². The van der Waals surface area contributed by atoms with Gasteiger partial charge < -0.3 is 20.6 Å². The molecule has 4 N–H and O–H groups in total. The molecule has 18 heavy (non-hydrogen) atoms. The van der Waals surface area contributed by atoms with E-state index in [1.165, 1.54) is 12.1 Å². The van der Waals surface area contributed by atoms with E-state index in [1.807, 2.05) is 0 Å². The van der Waals surface area contributed by atoms with Crippen LogP contribution in [0.15, 0.2) is 18.2 Å². The molecule has 6 heteroatoms. The van der Waals surface area contributed by atoms with Gasteiger partial charge in [-0.3, -0.25) is 4.79 Å². The summed E-state index contributed by atoms with van der Waals surface area (Å²) in [5.41, 5.74) is -0.0836. The van der Waals surface area contributed by atoms with Crippen molar-refractivity contribution in [3.05, 3.63) is 23.8 Å². The predicted molar refractivity (Wildman–Crippen MR) is 63.5 cm³/mol. The Morgan fingerprint density at radius 1 is 1.22 bits per heavy atom. The molecule has 98 valence electrons. The van der Waals surface area contributed by atoms with Crippen LogP contribution in [0.4, 0.5) is 0 Å². The van der Waals surface area contributed by atoms with Gasteiger partial charge in [0, 0.05) is 6.07 Å². The van der Waals surface area contributed by atoms with Crippen molar-refractivity contribution in [3.8, 4) is 11.5 Å². The number of rotatable bonds is 4. The molecule has 1 amide bonds. The molecule has 1 aromatic carbocycles. The van der Waals surface area contributed by atoms with Crippen molar-refractivity contribution < 1.29 is 24.9 Å². The number of hydrogen-bond donors (Lipinski definition) is 4. The number of carboxylic acid groups (broad SMARTS) is 1. The van der Waals surface area contributed by atoms with Crippen molar-refractivity contribution in [3.63, 3.8) is 0 Å². The predicted octanol–water partition coefficient (Wildman–Crippen LogP) is 0.937. The molecule has 0 bridgehead atoms. The van der Waals surface area contributed by atoms with E-state index >= 15 is 0 Å². The molecule has 0 saturated heterocycles. The van der Waals surface area contributed by atoms with Gasteiger partial charge in [0.2, 0.25) is 0 Å². The van der Waals surface area contributed by atoms with Crippen LogP contribution in [0.1, 0.15) is 24.2 Å². The molecule has 0 aliphatic heterocycles. The number of carboxylic acids is 1. The second-order valence-corrected chi connectivity index (χ2v) is 4.23. The van der Waals surface area contributed by atoms with Crippen molar-refractivity contribution in [2.24, 2.45) is 5.92 Å². The van der Waals surface area contributed by atoms with Gasteiger partial charge in [0.15, 0.2) is 0 Å². The van der Waals surface area contributed by atoms with E-state index in [4.69, 9.17) is 10.2 Å². The van der Waals surface area contributed by atoms with Gasteiger partial charge in [-0.15, -0.1) is 0 Å². The zero-order valence-electron chi connectivity index (χ0n) is 10.0. The van der Waals surface area contributed by atoms with Crippen LogP contribution < -0.4 is 5.32 Å². The first-order chi connectivity index (χ1) is 8.32. The molecule has 1 aromatic rings. The van der Waals surface area contributed by atoms with E-state index in [0.717, 1.165) is 6.07 Å². The molecule has 0 aliphatic carbocycles. The topological polar surface area (TPSA) is 107 Å². The van der Waals surface area contributed by atoms with Crippen molar-refractivity contribution in [1.82, 2.24) is 5.32 Å². The van der Waals surface area contributed by atoms with Crippen LogP contribution in [-0.2, 0) is 4.79 Å². The quantitative estimate of drug-likeness (QED) is 0.638. The number of carbonyl (C=O) groups is 2. The Kier molecular flexibility index (Phi) is 4.14. The van der Waals surface area contributed by atoms with E-state index in [0.29, 0.717) is 0 Å². The molecule has 0 radical (unpaired) electrons. The number of carbonyl (C=O) groups excluding carboxylic acids is 1. The number of aromatic hydroxyl groups is 2. The number of phenols is 2. The van der Waals surface area contributed by atoms with Crippen molar-refractivity contribution in [2.45, 2.75) is 19.9 Å². The Morgan fingerprint density at radius 3 is 2.28 bits per heavy atom. The lowest BCUT2D eigenvalue weighted by Crippen LogP contribution is -2.44. The number of aliphatic carboxylic acids is 1. The maximum Gasteiger partial charge on any atom is 0.326 e. The van der Waals surface area contributed by atoms with Crippen molar-refractivity contribution >= 4 is 11.9 Å². The van der Waals surface area contributed by atoms with Gasteiger partial charge in [0.1, 0.15) is 17.5 Å². The molecule has 0 aliphatic rings. The fourth-order valence-corrected chi connectivity index (χ4v) is 1.44. The third-order valence-corrected chi connectivity index (χ3v) is 2.45. The smallest absolute Gasteiger partial charge is 0.326 e. The Bertz CT molecular complexity index is 470. The van der Waals surface area contributed by atoms with E-state index in [2.05, 4.69) is 5.32 Å². The summed E-state index contributed by atoms with van der Waals surface area (Å²) in [5.74, 6) is -2.71. The largest absolute Gasteiger partial charge is 0.508 e. The lowest BCUT2D eigenvalue weighted by atomic mass is 10.0. The number of hydrogen-bond acceptors (Lipinski definition) is 4. The third kappa shape index (κ3) is 3.13. The normalized spacial score (nSPS) is 12.2. The lowest BCUT2D eigenvalue weighted by molar-refractivity contribution is -0.140. The summed E-state index contributed by atoms with van der Waals surface area (Å²) >= 11 is 0. The maximum absolute atomic E-state index is 11.8. The molecule has 1 atom stereocenters. The first-order valence-electron chi connectivity index (χ1n) is 5.38. The number of amides is 1. The molecule has 0 heterocycles. The summed E-state index contributed by atoms with van der Waals surface area (Å²) in [6.45, 7) is 3.32. The SMILES string of the molecule is CC(C)[C@H](NC(=O)c1ccc(O)cc1O)C(=O)O. The first kappa shape index (κ1) is 13.8. The van der Waals surface area contributed by atoms with Crippen LogP contribution in [0.5, 0.6) is 11.5 Å². The molecular weight excluding hydrogens is 238 g/mol. The average molecular weight is 253 g/mol. The second-order valence-electron chi connectivity index (χ2n) is 4.23. The van der Waals surface area contributed by atoms with Gasteiger partial charge in [0.05, 0.1) is 5.56 Å². The molecule has 0 aromatic heterocycles. The second kappa shape index (κ2) is 5.39. The molecule has 0 spiro atoms. The van der Waals surface area contributed by atoms with Gasteiger partial charge in [-0.05, 0) is 18.1 Å². The van der Waals surface area contributed by atoms with Gasteiger partial charge in [-0.1, -0.05) is 13.8 Å². The summed E-state index contributed by atoms with van der Waals surface area (Å²) in [6.07, 6.45) is 0. The van der Waals surface area contributed by atoms with Crippen LogP contribution in [0.2, 0.25) is 0 Å². The van der Waals surface area contributed by atoms with Crippen LogP contribution >= 0.6 is 0 Å². The lowest BCUT2D eigenvalue weighted by Gasteiger charge is -2.18. The molecule has 0 unspecified atom stereocenters. The van der Waals surface area contributed by atoms with Gasteiger partial charge in [0.25, 0.3) is 5.91 Å². The Labute approximate surface area is 104 Å². The Morgan fingerprint density at radius 2 is 1.83 bits per heavy atom. The molecule has 6 nitrogen and oxygen atoms in total. The zero-order valence-corrected chi connectivity index (χ0v) is 10.0. The summed E-state index contributed by atoms with van der Waals surface area (Å²) < 4.78 is 0. The van der Waals surface area contributed by atoms with E-state index in [-0.39, 0.29) is 17.2 Å². The molecule has 1 rings (SSSR count). The van der Waals surface area contributed by atoms with Gasteiger partial charge >= 0.3 is 5.97 Å². The first-order valence-corrected chi connectivity index (χ1v) is 5.38. The fourth-order valence-electron chi connectivity index (χ4n) is 1.44. The highest BCUT2D eigenvalue weighted by atomic mass is 16.4. The van der Waals surface area contributed by atoms with Crippen molar-refractivity contribution in [1.29, 1.82) is 0 Å². The fraction of sp³-hybridized carbons (Fsp3) is 0.333. The van der Waals surface area contributed by atoms with Crippen LogP contribution in [0.25, 0.3) is 0 Å². The highest BCUT2D eigenvalue weighted by molar-refractivity contribution is 5.99. The highest BCUT2D eigenvalue weighted by Crippen LogP contribution is 2.22. The Hall–Kier alpha value is -2.24. The summed E-state index contributed by atoms with van der Waals surface area (Å²) in [6, 6.07) is 2.43. The number of benzene rings is 1.